The standard InChI is InChI=1S/C20H31NO2.ClH/c1-2-19(21)12-18-11-15(9-10-22-13-16-3-4-16)7-8-20(18)23-14-17-5-6-17;/h7-8,11,16-17,19H,2-6,9-10,12-14,21H2,1H3;1H. The van der Waals surface area contributed by atoms with Crippen LogP contribution in [-0.4, -0.2) is 25.9 Å². The highest BCUT2D eigenvalue weighted by atomic mass is 35.5. The third-order valence-corrected chi connectivity index (χ3v) is 4.89. The van der Waals surface area contributed by atoms with E-state index in [1.165, 1.54) is 36.8 Å². The molecule has 24 heavy (non-hydrogen) atoms. The summed E-state index contributed by atoms with van der Waals surface area (Å²) in [5.74, 6) is 2.65. The zero-order valence-electron chi connectivity index (χ0n) is 14.8. The van der Waals surface area contributed by atoms with Crippen molar-refractivity contribution in [1.82, 2.24) is 0 Å². The number of halogens is 1. The lowest BCUT2D eigenvalue weighted by atomic mass is 10.0. The summed E-state index contributed by atoms with van der Waals surface area (Å²) in [5.41, 5.74) is 8.77. The van der Waals surface area contributed by atoms with Gasteiger partial charge in [-0.15, -0.1) is 12.4 Å². The fourth-order valence-electron chi connectivity index (χ4n) is 2.73. The van der Waals surface area contributed by atoms with E-state index in [0.717, 1.165) is 56.7 Å². The topological polar surface area (TPSA) is 44.5 Å². The Bertz CT molecular complexity index is 500. The van der Waals surface area contributed by atoms with Gasteiger partial charge in [0, 0.05) is 12.6 Å². The first-order valence-corrected chi connectivity index (χ1v) is 9.32. The first-order chi connectivity index (χ1) is 11.2. The first kappa shape index (κ1) is 19.6. The molecule has 0 bridgehead atoms. The minimum absolute atomic E-state index is 0. The quantitative estimate of drug-likeness (QED) is 0.608. The average molecular weight is 354 g/mol. The lowest BCUT2D eigenvalue weighted by molar-refractivity contribution is 0.127. The Morgan fingerprint density at radius 1 is 1.12 bits per heavy atom. The van der Waals surface area contributed by atoms with Gasteiger partial charge in [0.15, 0.2) is 0 Å². The van der Waals surface area contributed by atoms with Crippen LogP contribution in [0.15, 0.2) is 18.2 Å². The highest BCUT2D eigenvalue weighted by Crippen LogP contribution is 2.31. The van der Waals surface area contributed by atoms with Crippen LogP contribution < -0.4 is 10.5 Å². The number of rotatable bonds is 11. The van der Waals surface area contributed by atoms with Crippen molar-refractivity contribution in [3.8, 4) is 5.75 Å². The fraction of sp³-hybridized carbons (Fsp3) is 0.700. The Morgan fingerprint density at radius 3 is 2.50 bits per heavy atom. The first-order valence-electron chi connectivity index (χ1n) is 9.32. The van der Waals surface area contributed by atoms with Crippen molar-refractivity contribution in [3.05, 3.63) is 29.3 Å². The summed E-state index contributed by atoms with van der Waals surface area (Å²) in [6, 6.07) is 6.80. The van der Waals surface area contributed by atoms with Crippen LogP contribution in [0.5, 0.6) is 5.75 Å². The molecule has 136 valence electrons. The number of hydrogen-bond donors (Lipinski definition) is 1. The molecule has 2 saturated carbocycles. The lowest BCUT2D eigenvalue weighted by Crippen LogP contribution is -2.22. The predicted octanol–water partition coefficient (Wildman–Crippen LogP) is 4.15. The van der Waals surface area contributed by atoms with Crippen molar-refractivity contribution in [2.45, 2.75) is 57.9 Å². The van der Waals surface area contributed by atoms with Gasteiger partial charge in [-0.3, -0.25) is 0 Å². The molecule has 1 aromatic rings. The van der Waals surface area contributed by atoms with Crippen molar-refractivity contribution < 1.29 is 9.47 Å². The molecule has 0 aliphatic heterocycles. The molecule has 0 aromatic heterocycles. The van der Waals surface area contributed by atoms with Gasteiger partial charge in [-0.2, -0.15) is 0 Å². The Morgan fingerprint density at radius 2 is 1.83 bits per heavy atom. The molecule has 2 aliphatic carbocycles. The van der Waals surface area contributed by atoms with Crippen molar-refractivity contribution in [3.63, 3.8) is 0 Å². The second-order valence-electron chi connectivity index (χ2n) is 7.34. The summed E-state index contributed by atoms with van der Waals surface area (Å²) in [5, 5.41) is 0. The molecule has 0 saturated heterocycles. The van der Waals surface area contributed by atoms with Gasteiger partial charge in [0.2, 0.25) is 0 Å². The zero-order chi connectivity index (χ0) is 16.1. The van der Waals surface area contributed by atoms with Gasteiger partial charge in [-0.1, -0.05) is 19.1 Å². The number of ether oxygens (including phenoxy) is 2. The van der Waals surface area contributed by atoms with Crippen LogP contribution in [-0.2, 0) is 17.6 Å². The average Bonchev–Trinajstić information content (AvgIpc) is 3.45. The Hall–Kier alpha value is -0.770. The van der Waals surface area contributed by atoms with Gasteiger partial charge >= 0.3 is 0 Å². The summed E-state index contributed by atoms with van der Waals surface area (Å²) in [4.78, 5) is 0. The van der Waals surface area contributed by atoms with Gasteiger partial charge in [-0.25, -0.2) is 0 Å². The van der Waals surface area contributed by atoms with Gasteiger partial charge < -0.3 is 15.2 Å². The van der Waals surface area contributed by atoms with Crippen LogP contribution in [0.1, 0.15) is 50.2 Å². The highest BCUT2D eigenvalue weighted by molar-refractivity contribution is 5.85. The molecule has 2 aliphatic rings. The molecule has 0 amide bonds. The van der Waals surface area contributed by atoms with Crippen molar-refractivity contribution in [1.29, 1.82) is 0 Å². The molecule has 4 heteroatoms. The Kier molecular flexibility index (Phi) is 7.86. The number of nitrogens with two attached hydrogens (primary N) is 1. The van der Waals surface area contributed by atoms with E-state index in [0.29, 0.717) is 0 Å². The molecule has 1 atom stereocenters. The number of benzene rings is 1. The van der Waals surface area contributed by atoms with Gasteiger partial charge in [0.1, 0.15) is 5.75 Å². The van der Waals surface area contributed by atoms with E-state index in [9.17, 15) is 0 Å². The second kappa shape index (κ2) is 9.65. The predicted molar refractivity (Wildman–Crippen MR) is 101 cm³/mol. The minimum Gasteiger partial charge on any atom is -0.493 e. The summed E-state index contributed by atoms with van der Waals surface area (Å²) in [6.45, 7) is 4.76. The van der Waals surface area contributed by atoms with E-state index in [2.05, 4.69) is 25.1 Å². The van der Waals surface area contributed by atoms with Gasteiger partial charge in [0.25, 0.3) is 0 Å². The summed E-state index contributed by atoms with van der Waals surface area (Å²) >= 11 is 0. The Labute approximate surface area is 152 Å². The monoisotopic (exact) mass is 353 g/mol. The van der Waals surface area contributed by atoms with Crippen molar-refractivity contribution in [2.75, 3.05) is 19.8 Å². The minimum atomic E-state index is 0. The molecule has 3 nitrogen and oxygen atoms in total. The van der Waals surface area contributed by atoms with Crippen LogP contribution in [0.3, 0.4) is 0 Å². The molecule has 0 radical (unpaired) electrons. The van der Waals surface area contributed by atoms with E-state index in [1.807, 2.05) is 0 Å². The maximum absolute atomic E-state index is 6.17. The molecule has 1 aromatic carbocycles. The molecule has 0 spiro atoms. The maximum Gasteiger partial charge on any atom is 0.122 e. The van der Waals surface area contributed by atoms with E-state index in [4.69, 9.17) is 15.2 Å². The van der Waals surface area contributed by atoms with E-state index < -0.39 is 0 Å². The van der Waals surface area contributed by atoms with Crippen LogP contribution in [0.2, 0.25) is 0 Å². The van der Waals surface area contributed by atoms with Crippen LogP contribution >= 0.6 is 12.4 Å². The van der Waals surface area contributed by atoms with Gasteiger partial charge in [0.05, 0.1) is 13.2 Å². The molecule has 0 heterocycles. The summed E-state index contributed by atoms with van der Waals surface area (Å²) < 4.78 is 11.8. The van der Waals surface area contributed by atoms with E-state index in [-0.39, 0.29) is 18.4 Å². The lowest BCUT2D eigenvalue weighted by Gasteiger charge is -2.16. The maximum atomic E-state index is 6.17. The zero-order valence-corrected chi connectivity index (χ0v) is 15.7. The smallest absolute Gasteiger partial charge is 0.122 e. The third-order valence-electron chi connectivity index (χ3n) is 4.89. The van der Waals surface area contributed by atoms with Crippen LogP contribution in [0, 0.1) is 11.8 Å². The van der Waals surface area contributed by atoms with Crippen molar-refractivity contribution in [2.24, 2.45) is 17.6 Å². The SMILES string of the molecule is CCC(N)Cc1cc(CCOCC2CC2)ccc1OCC1CC1.Cl. The Balaban J connectivity index is 0.00000208. The normalized spacial score (nSPS) is 18.1. The fourth-order valence-corrected chi connectivity index (χ4v) is 2.73. The third kappa shape index (κ3) is 6.62. The molecule has 3 rings (SSSR count). The molecule has 1 unspecified atom stereocenters. The molecule has 2 fully saturated rings. The largest absolute Gasteiger partial charge is 0.493 e. The van der Waals surface area contributed by atoms with Crippen LogP contribution in [0.25, 0.3) is 0 Å². The highest BCUT2D eigenvalue weighted by Gasteiger charge is 2.23. The van der Waals surface area contributed by atoms with Crippen LogP contribution in [0.4, 0.5) is 0 Å². The summed E-state index contributed by atoms with van der Waals surface area (Å²) in [7, 11) is 0. The van der Waals surface area contributed by atoms with Crippen molar-refractivity contribution >= 4 is 12.4 Å². The van der Waals surface area contributed by atoms with Gasteiger partial charge in [-0.05, 0) is 74.0 Å². The molecular formula is C20H32ClNO2. The van der Waals surface area contributed by atoms with E-state index in [1.54, 1.807) is 0 Å². The molecular weight excluding hydrogens is 322 g/mol. The summed E-state index contributed by atoms with van der Waals surface area (Å²) in [6.07, 6.45) is 8.21. The molecule has 2 N–H and O–H groups in total. The van der Waals surface area contributed by atoms with E-state index >= 15 is 0 Å². The second-order valence-corrected chi connectivity index (χ2v) is 7.34. The number of hydrogen-bond acceptors (Lipinski definition) is 3.